The number of hydrogen-bond donors (Lipinski definition) is 1. The molecule has 0 aliphatic carbocycles. The van der Waals surface area contributed by atoms with E-state index in [-0.39, 0.29) is 0 Å². The van der Waals surface area contributed by atoms with Gasteiger partial charge in [0.2, 0.25) is 0 Å². The van der Waals surface area contributed by atoms with Crippen LogP contribution in [0.2, 0.25) is 0 Å². The maximum Gasteiger partial charge on any atom is 0.00533 e. The second-order valence-electron chi connectivity index (χ2n) is 5.98. The van der Waals surface area contributed by atoms with Crippen LogP contribution < -0.4 is 5.32 Å². The van der Waals surface area contributed by atoms with Crippen LogP contribution in [0.25, 0.3) is 0 Å². The van der Waals surface area contributed by atoms with Crippen molar-refractivity contribution < 1.29 is 0 Å². The standard InChI is InChI=1S/C17H28N2/c1-15-10-13-19(14-11-16(2)18-15)12-6-9-17-7-4-3-5-8-17/h3-5,7-8,15-16,18H,6,9-14H2,1-2H3. The molecule has 0 saturated carbocycles. The third-order valence-corrected chi connectivity index (χ3v) is 4.11. The molecule has 1 aliphatic rings. The topological polar surface area (TPSA) is 15.3 Å². The first-order chi connectivity index (χ1) is 9.24. The van der Waals surface area contributed by atoms with E-state index < -0.39 is 0 Å². The molecule has 106 valence electrons. The van der Waals surface area contributed by atoms with Gasteiger partial charge in [0.25, 0.3) is 0 Å². The average Bonchev–Trinajstić information content (AvgIpc) is 2.41. The van der Waals surface area contributed by atoms with Crippen molar-refractivity contribution in [2.75, 3.05) is 19.6 Å². The largest absolute Gasteiger partial charge is 0.312 e. The summed E-state index contributed by atoms with van der Waals surface area (Å²) in [6.07, 6.45) is 5.03. The van der Waals surface area contributed by atoms with E-state index in [0.29, 0.717) is 12.1 Å². The number of nitrogens with zero attached hydrogens (tertiary/aromatic N) is 1. The number of rotatable bonds is 4. The maximum atomic E-state index is 3.66. The van der Waals surface area contributed by atoms with Crippen LogP contribution in [0.4, 0.5) is 0 Å². The summed E-state index contributed by atoms with van der Waals surface area (Å²) in [6, 6.07) is 12.2. The molecule has 1 aliphatic heterocycles. The van der Waals surface area contributed by atoms with Crippen LogP contribution in [0, 0.1) is 0 Å². The molecule has 1 fully saturated rings. The van der Waals surface area contributed by atoms with E-state index in [0.717, 1.165) is 0 Å². The second kappa shape index (κ2) is 7.66. The molecular weight excluding hydrogens is 232 g/mol. The van der Waals surface area contributed by atoms with Gasteiger partial charge in [-0.25, -0.2) is 0 Å². The molecule has 0 aromatic heterocycles. The average molecular weight is 260 g/mol. The molecule has 1 aromatic rings. The summed E-state index contributed by atoms with van der Waals surface area (Å²) in [5.41, 5.74) is 1.47. The van der Waals surface area contributed by atoms with Crippen molar-refractivity contribution in [1.29, 1.82) is 0 Å². The van der Waals surface area contributed by atoms with E-state index >= 15 is 0 Å². The van der Waals surface area contributed by atoms with Crippen LogP contribution in [-0.4, -0.2) is 36.6 Å². The fraction of sp³-hybridized carbons (Fsp3) is 0.647. The monoisotopic (exact) mass is 260 g/mol. The SMILES string of the molecule is CC1CCN(CCCc2ccccc2)CCC(C)N1. The molecule has 19 heavy (non-hydrogen) atoms. The summed E-state index contributed by atoms with van der Waals surface area (Å²) < 4.78 is 0. The fourth-order valence-electron chi connectivity index (χ4n) is 2.89. The number of hydrogen-bond acceptors (Lipinski definition) is 2. The van der Waals surface area contributed by atoms with E-state index in [1.807, 2.05) is 0 Å². The minimum Gasteiger partial charge on any atom is -0.312 e. The predicted octanol–water partition coefficient (Wildman–Crippen LogP) is 3.08. The zero-order chi connectivity index (χ0) is 13.5. The Morgan fingerprint density at radius 2 is 1.68 bits per heavy atom. The maximum absolute atomic E-state index is 3.66. The van der Waals surface area contributed by atoms with Crippen molar-refractivity contribution in [1.82, 2.24) is 10.2 Å². The van der Waals surface area contributed by atoms with Crippen molar-refractivity contribution in [2.24, 2.45) is 0 Å². The van der Waals surface area contributed by atoms with Crippen LogP contribution >= 0.6 is 0 Å². The van der Waals surface area contributed by atoms with Gasteiger partial charge < -0.3 is 10.2 Å². The first kappa shape index (κ1) is 14.5. The molecule has 0 amide bonds. The van der Waals surface area contributed by atoms with Gasteiger partial charge in [0.15, 0.2) is 0 Å². The van der Waals surface area contributed by atoms with Gasteiger partial charge >= 0.3 is 0 Å². The Morgan fingerprint density at radius 3 is 2.32 bits per heavy atom. The Kier molecular flexibility index (Phi) is 5.87. The molecule has 2 atom stereocenters. The number of aryl methyl sites for hydroxylation is 1. The molecule has 0 radical (unpaired) electrons. The quantitative estimate of drug-likeness (QED) is 0.895. The molecule has 2 heteroatoms. The summed E-state index contributed by atoms with van der Waals surface area (Å²) in [5.74, 6) is 0. The van der Waals surface area contributed by atoms with Gasteiger partial charge in [0.05, 0.1) is 0 Å². The zero-order valence-corrected chi connectivity index (χ0v) is 12.4. The minimum atomic E-state index is 0.659. The van der Waals surface area contributed by atoms with E-state index in [1.54, 1.807) is 0 Å². The number of nitrogens with one attached hydrogen (secondary N) is 1. The van der Waals surface area contributed by atoms with Crippen LogP contribution in [0.15, 0.2) is 30.3 Å². The molecule has 1 saturated heterocycles. The highest BCUT2D eigenvalue weighted by Crippen LogP contribution is 2.09. The Morgan fingerprint density at radius 1 is 1.05 bits per heavy atom. The van der Waals surface area contributed by atoms with Gasteiger partial charge in [-0.15, -0.1) is 0 Å². The van der Waals surface area contributed by atoms with Crippen LogP contribution in [0.3, 0.4) is 0 Å². The molecule has 0 bridgehead atoms. The van der Waals surface area contributed by atoms with Gasteiger partial charge in [-0.3, -0.25) is 0 Å². The molecule has 0 spiro atoms. The summed E-state index contributed by atoms with van der Waals surface area (Å²) in [5, 5.41) is 3.66. The minimum absolute atomic E-state index is 0.659. The summed E-state index contributed by atoms with van der Waals surface area (Å²) in [4.78, 5) is 2.65. The molecular formula is C17H28N2. The van der Waals surface area contributed by atoms with Crippen LogP contribution in [0.5, 0.6) is 0 Å². The fourth-order valence-corrected chi connectivity index (χ4v) is 2.89. The Bertz CT molecular complexity index is 338. The van der Waals surface area contributed by atoms with Crippen LogP contribution in [-0.2, 0) is 6.42 Å². The Hall–Kier alpha value is -0.860. The van der Waals surface area contributed by atoms with Gasteiger partial charge in [0.1, 0.15) is 0 Å². The first-order valence-electron chi connectivity index (χ1n) is 7.76. The van der Waals surface area contributed by atoms with Crippen molar-refractivity contribution in [3.63, 3.8) is 0 Å². The highest BCUT2D eigenvalue weighted by Gasteiger charge is 2.15. The zero-order valence-electron chi connectivity index (χ0n) is 12.4. The Labute approximate surface area is 118 Å². The van der Waals surface area contributed by atoms with Gasteiger partial charge in [-0.2, -0.15) is 0 Å². The number of benzene rings is 1. The third-order valence-electron chi connectivity index (χ3n) is 4.11. The lowest BCUT2D eigenvalue weighted by Gasteiger charge is -2.30. The van der Waals surface area contributed by atoms with E-state index in [4.69, 9.17) is 0 Å². The lowest BCUT2D eigenvalue weighted by atomic mass is 10.1. The van der Waals surface area contributed by atoms with Crippen LogP contribution in [0.1, 0.15) is 38.7 Å². The lowest BCUT2D eigenvalue weighted by molar-refractivity contribution is 0.217. The van der Waals surface area contributed by atoms with Crippen molar-refractivity contribution in [3.8, 4) is 0 Å². The highest BCUT2D eigenvalue weighted by molar-refractivity contribution is 5.14. The molecule has 2 rings (SSSR count). The molecule has 1 N–H and O–H groups in total. The molecule has 1 heterocycles. The smallest absolute Gasteiger partial charge is 0.00533 e. The highest BCUT2D eigenvalue weighted by atomic mass is 15.1. The molecule has 2 unspecified atom stereocenters. The van der Waals surface area contributed by atoms with E-state index in [9.17, 15) is 0 Å². The third kappa shape index (κ3) is 5.33. The molecule has 2 nitrogen and oxygen atoms in total. The second-order valence-corrected chi connectivity index (χ2v) is 5.98. The van der Waals surface area contributed by atoms with Gasteiger partial charge in [0, 0.05) is 12.1 Å². The van der Waals surface area contributed by atoms with Crippen molar-refractivity contribution in [2.45, 2.75) is 51.6 Å². The van der Waals surface area contributed by atoms with E-state index in [2.05, 4.69) is 54.4 Å². The summed E-state index contributed by atoms with van der Waals surface area (Å²) in [6.45, 7) is 8.35. The first-order valence-corrected chi connectivity index (χ1v) is 7.76. The Balaban J connectivity index is 1.72. The normalized spacial score (nSPS) is 25.8. The van der Waals surface area contributed by atoms with Crippen molar-refractivity contribution >= 4 is 0 Å². The van der Waals surface area contributed by atoms with Gasteiger partial charge in [-0.1, -0.05) is 30.3 Å². The van der Waals surface area contributed by atoms with Crippen molar-refractivity contribution in [3.05, 3.63) is 35.9 Å². The summed E-state index contributed by atoms with van der Waals surface area (Å²) in [7, 11) is 0. The molecule has 1 aromatic carbocycles. The van der Waals surface area contributed by atoms with Gasteiger partial charge in [-0.05, 0) is 64.7 Å². The van der Waals surface area contributed by atoms with E-state index in [1.165, 1.54) is 50.9 Å². The predicted molar refractivity (Wildman–Crippen MR) is 82.5 cm³/mol. The lowest BCUT2D eigenvalue weighted by Crippen LogP contribution is -2.43. The summed E-state index contributed by atoms with van der Waals surface area (Å²) >= 11 is 0.